The largest absolute Gasteiger partial charge is 0.490 e. The van der Waals surface area contributed by atoms with E-state index in [0.29, 0.717) is 18.2 Å². The zero-order valence-electron chi connectivity index (χ0n) is 12.2. The van der Waals surface area contributed by atoms with Crippen molar-refractivity contribution >= 4 is 0 Å². The van der Waals surface area contributed by atoms with Crippen LogP contribution in [0.2, 0.25) is 0 Å². The highest BCUT2D eigenvalue weighted by molar-refractivity contribution is 5.64. The smallest absolute Gasteiger partial charge is 0.128 e. The Balaban J connectivity index is 1.74. The molecule has 0 heterocycles. The summed E-state index contributed by atoms with van der Waals surface area (Å²) >= 11 is 0. The Morgan fingerprint density at radius 3 is 2.43 bits per heavy atom. The molecule has 3 rings (SSSR count). The van der Waals surface area contributed by atoms with Gasteiger partial charge in [-0.05, 0) is 48.7 Å². The van der Waals surface area contributed by atoms with Crippen LogP contribution in [-0.2, 0) is 6.54 Å². The molecule has 21 heavy (non-hydrogen) atoms. The summed E-state index contributed by atoms with van der Waals surface area (Å²) in [6.45, 7) is 3.41. The van der Waals surface area contributed by atoms with Crippen LogP contribution in [0.3, 0.4) is 0 Å². The van der Waals surface area contributed by atoms with Crippen LogP contribution in [-0.4, -0.2) is 12.6 Å². The van der Waals surface area contributed by atoms with Gasteiger partial charge in [0, 0.05) is 12.1 Å². The van der Waals surface area contributed by atoms with E-state index >= 15 is 0 Å². The molecule has 0 atom stereocenters. The number of hydrogen-bond donors (Lipinski definition) is 1. The predicted molar refractivity (Wildman–Crippen MR) is 82.9 cm³/mol. The summed E-state index contributed by atoms with van der Waals surface area (Å²) in [5.74, 6) is 0.734. The number of halogens is 1. The van der Waals surface area contributed by atoms with Crippen molar-refractivity contribution in [2.75, 3.05) is 6.54 Å². The lowest BCUT2D eigenvalue weighted by Gasteiger charge is -2.08. The summed E-state index contributed by atoms with van der Waals surface area (Å²) in [6.07, 6.45) is 2.71. The van der Waals surface area contributed by atoms with E-state index in [4.69, 9.17) is 4.74 Å². The van der Waals surface area contributed by atoms with E-state index in [0.717, 1.165) is 36.3 Å². The summed E-state index contributed by atoms with van der Waals surface area (Å²) < 4.78 is 19.8. The van der Waals surface area contributed by atoms with Crippen LogP contribution >= 0.6 is 0 Å². The minimum Gasteiger partial charge on any atom is -0.490 e. The molecule has 0 aromatic heterocycles. The Morgan fingerprint density at radius 1 is 1.10 bits per heavy atom. The average molecular weight is 285 g/mol. The van der Waals surface area contributed by atoms with E-state index in [9.17, 15) is 4.39 Å². The minimum atomic E-state index is -0.160. The first-order chi connectivity index (χ1) is 10.3. The van der Waals surface area contributed by atoms with Crippen molar-refractivity contribution in [2.45, 2.75) is 32.4 Å². The molecule has 0 spiro atoms. The third-order valence-electron chi connectivity index (χ3n) is 3.63. The first-order valence-electron chi connectivity index (χ1n) is 7.52. The SMILES string of the molecule is CCNCc1ccc(-c2ccc(OC3CC3)cc2)cc1F. The third kappa shape index (κ3) is 3.61. The van der Waals surface area contributed by atoms with Crippen LogP contribution in [0.15, 0.2) is 42.5 Å². The molecule has 110 valence electrons. The number of hydrogen-bond acceptors (Lipinski definition) is 2. The molecule has 2 aromatic carbocycles. The van der Waals surface area contributed by atoms with Gasteiger partial charge in [0.15, 0.2) is 0 Å². The molecule has 2 aromatic rings. The Kier molecular flexibility index (Phi) is 4.20. The van der Waals surface area contributed by atoms with Crippen LogP contribution in [0.4, 0.5) is 4.39 Å². The first kappa shape index (κ1) is 14.1. The molecule has 2 nitrogen and oxygen atoms in total. The van der Waals surface area contributed by atoms with Gasteiger partial charge in [0.05, 0.1) is 6.10 Å². The maximum Gasteiger partial charge on any atom is 0.128 e. The van der Waals surface area contributed by atoms with Crippen LogP contribution in [0.25, 0.3) is 11.1 Å². The molecule has 1 fully saturated rings. The van der Waals surface area contributed by atoms with E-state index in [1.54, 1.807) is 6.07 Å². The van der Waals surface area contributed by atoms with E-state index in [1.807, 2.05) is 43.3 Å². The Labute approximate surface area is 125 Å². The topological polar surface area (TPSA) is 21.3 Å². The maximum atomic E-state index is 14.1. The van der Waals surface area contributed by atoms with Gasteiger partial charge >= 0.3 is 0 Å². The van der Waals surface area contributed by atoms with Gasteiger partial charge in [0.25, 0.3) is 0 Å². The van der Waals surface area contributed by atoms with Crippen LogP contribution in [0, 0.1) is 5.82 Å². The van der Waals surface area contributed by atoms with E-state index in [-0.39, 0.29) is 5.82 Å². The van der Waals surface area contributed by atoms with Gasteiger partial charge < -0.3 is 10.1 Å². The summed E-state index contributed by atoms with van der Waals surface area (Å²) in [5.41, 5.74) is 2.60. The zero-order chi connectivity index (χ0) is 14.7. The van der Waals surface area contributed by atoms with Crippen molar-refractivity contribution in [1.82, 2.24) is 5.32 Å². The summed E-state index contributed by atoms with van der Waals surface area (Å²) in [5, 5.41) is 3.14. The molecule has 1 aliphatic carbocycles. The van der Waals surface area contributed by atoms with Crippen molar-refractivity contribution in [2.24, 2.45) is 0 Å². The Hall–Kier alpha value is -1.87. The highest BCUT2D eigenvalue weighted by atomic mass is 19.1. The standard InChI is InChI=1S/C18H20FNO/c1-2-20-12-15-4-3-14(11-18(15)19)13-5-7-16(8-6-13)21-17-9-10-17/h3-8,11,17,20H,2,9-10,12H2,1H3. The molecule has 0 unspecified atom stereocenters. The molecule has 1 N–H and O–H groups in total. The maximum absolute atomic E-state index is 14.1. The van der Waals surface area contributed by atoms with E-state index in [2.05, 4.69) is 5.32 Å². The van der Waals surface area contributed by atoms with Crippen LogP contribution in [0.1, 0.15) is 25.3 Å². The lowest BCUT2D eigenvalue weighted by Crippen LogP contribution is -2.12. The van der Waals surface area contributed by atoms with Gasteiger partial charge in [-0.15, -0.1) is 0 Å². The highest BCUT2D eigenvalue weighted by Crippen LogP contribution is 2.29. The number of benzene rings is 2. The fourth-order valence-electron chi connectivity index (χ4n) is 2.23. The normalized spacial score (nSPS) is 14.2. The quantitative estimate of drug-likeness (QED) is 0.861. The van der Waals surface area contributed by atoms with Gasteiger partial charge in [-0.25, -0.2) is 4.39 Å². The Morgan fingerprint density at radius 2 is 1.81 bits per heavy atom. The summed E-state index contributed by atoms with van der Waals surface area (Å²) in [4.78, 5) is 0. The molecule has 0 amide bonds. The summed E-state index contributed by atoms with van der Waals surface area (Å²) in [6, 6.07) is 13.3. The lowest BCUT2D eigenvalue weighted by molar-refractivity contribution is 0.303. The number of rotatable bonds is 6. The lowest BCUT2D eigenvalue weighted by atomic mass is 10.0. The Bertz CT molecular complexity index is 605. The average Bonchev–Trinajstić information content (AvgIpc) is 3.31. The number of ether oxygens (including phenoxy) is 1. The highest BCUT2D eigenvalue weighted by Gasteiger charge is 2.23. The van der Waals surface area contributed by atoms with Gasteiger partial charge in [-0.2, -0.15) is 0 Å². The molecule has 1 saturated carbocycles. The van der Waals surface area contributed by atoms with E-state index in [1.165, 1.54) is 0 Å². The van der Waals surface area contributed by atoms with Crippen molar-refractivity contribution in [3.8, 4) is 16.9 Å². The number of nitrogens with one attached hydrogen (secondary N) is 1. The van der Waals surface area contributed by atoms with Crippen molar-refractivity contribution in [1.29, 1.82) is 0 Å². The first-order valence-corrected chi connectivity index (χ1v) is 7.52. The second-order valence-electron chi connectivity index (χ2n) is 5.43. The molecule has 0 aliphatic heterocycles. The van der Waals surface area contributed by atoms with Crippen molar-refractivity contribution in [3.63, 3.8) is 0 Å². The molecular weight excluding hydrogens is 265 g/mol. The minimum absolute atomic E-state index is 0.160. The predicted octanol–water partition coefficient (Wildman–Crippen LogP) is 4.14. The molecule has 0 saturated heterocycles. The van der Waals surface area contributed by atoms with Crippen molar-refractivity contribution < 1.29 is 9.13 Å². The van der Waals surface area contributed by atoms with Gasteiger partial charge in [-0.3, -0.25) is 0 Å². The van der Waals surface area contributed by atoms with E-state index < -0.39 is 0 Å². The zero-order valence-corrected chi connectivity index (χ0v) is 12.2. The second-order valence-corrected chi connectivity index (χ2v) is 5.43. The van der Waals surface area contributed by atoms with Gasteiger partial charge in [0.2, 0.25) is 0 Å². The molecule has 0 bridgehead atoms. The monoisotopic (exact) mass is 285 g/mol. The third-order valence-corrected chi connectivity index (χ3v) is 3.63. The fraction of sp³-hybridized carbons (Fsp3) is 0.333. The van der Waals surface area contributed by atoms with Gasteiger partial charge in [0.1, 0.15) is 11.6 Å². The molecular formula is C18H20FNO. The summed E-state index contributed by atoms with van der Waals surface area (Å²) in [7, 11) is 0. The van der Waals surface area contributed by atoms with Gasteiger partial charge in [-0.1, -0.05) is 31.2 Å². The van der Waals surface area contributed by atoms with Crippen LogP contribution in [0.5, 0.6) is 5.75 Å². The van der Waals surface area contributed by atoms with Crippen LogP contribution < -0.4 is 10.1 Å². The van der Waals surface area contributed by atoms with Crippen molar-refractivity contribution in [3.05, 3.63) is 53.8 Å². The molecule has 1 aliphatic rings. The fourth-order valence-corrected chi connectivity index (χ4v) is 2.23. The molecule has 0 radical (unpaired) electrons. The molecule has 3 heteroatoms. The second kappa shape index (κ2) is 6.27.